The first kappa shape index (κ1) is 15.7. The van der Waals surface area contributed by atoms with Crippen LogP contribution in [0.25, 0.3) is 0 Å². The van der Waals surface area contributed by atoms with Crippen LogP contribution in [0, 0.1) is 10.1 Å². The van der Waals surface area contributed by atoms with Crippen molar-refractivity contribution in [2.75, 3.05) is 0 Å². The summed E-state index contributed by atoms with van der Waals surface area (Å²) < 4.78 is 1.83. The number of rotatable bonds is 4. The predicted molar refractivity (Wildman–Crippen MR) is 88.3 cm³/mol. The second kappa shape index (κ2) is 6.12. The van der Waals surface area contributed by atoms with E-state index in [1.54, 1.807) is 6.20 Å². The van der Waals surface area contributed by atoms with Crippen molar-refractivity contribution in [1.82, 2.24) is 15.1 Å². The van der Waals surface area contributed by atoms with E-state index in [2.05, 4.69) is 36.4 Å². The van der Waals surface area contributed by atoms with Crippen LogP contribution < -0.4 is 5.32 Å². The summed E-state index contributed by atoms with van der Waals surface area (Å²) in [6.07, 6.45) is 5.54. The Morgan fingerprint density at radius 3 is 2.52 bits per heavy atom. The van der Waals surface area contributed by atoms with E-state index in [9.17, 15) is 10.1 Å². The Labute approximate surface area is 135 Å². The Bertz CT molecular complexity index is 673. The van der Waals surface area contributed by atoms with Crippen LogP contribution in [0.2, 0.25) is 0 Å². The van der Waals surface area contributed by atoms with E-state index >= 15 is 0 Å². The third-order valence-corrected chi connectivity index (χ3v) is 4.58. The van der Waals surface area contributed by atoms with Gasteiger partial charge in [-0.05, 0) is 38.7 Å². The lowest BCUT2D eigenvalue weighted by molar-refractivity contribution is -0.385. The average molecular weight is 314 g/mol. The van der Waals surface area contributed by atoms with E-state index in [0.29, 0.717) is 12.1 Å². The van der Waals surface area contributed by atoms with Crippen LogP contribution in [-0.4, -0.2) is 26.8 Å². The van der Waals surface area contributed by atoms with Crippen LogP contribution in [-0.2, 0) is 12.0 Å². The lowest BCUT2D eigenvalue weighted by Crippen LogP contribution is -2.53. The van der Waals surface area contributed by atoms with Crippen molar-refractivity contribution in [2.45, 2.75) is 50.7 Å². The third-order valence-electron chi connectivity index (χ3n) is 4.58. The largest absolute Gasteiger partial charge is 0.312 e. The molecular weight excluding hydrogens is 292 g/mol. The number of aromatic nitrogens is 2. The van der Waals surface area contributed by atoms with Gasteiger partial charge in [0.2, 0.25) is 0 Å². The zero-order valence-corrected chi connectivity index (χ0v) is 13.5. The zero-order valence-electron chi connectivity index (χ0n) is 13.5. The van der Waals surface area contributed by atoms with E-state index in [1.165, 1.54) is 11.8 Å². The summed E-state index contributed by atoms with van der Waals surface area (Å²) in [6, 6.07) is 11.0. The highest BCUT2D eigenvalue weighted by molar-refractivity contribution is 5.24. The summed E-state index contributed by atoms with van der Waals surface area (Å²) in [5.41, 5.74) is 1.04. The Hall–Kier alpha value is -2.21. The summed E-state index contributed by atoms with van der Waals surface area (Å²) in [7, 11) is 0. The van der Waals surface area contributed by atoms with Gasteiger partial charge in [-0.25, -0.2) is 0 Å². The molecule has 3 rings (SSSR count). The van der Waals surface area contributed by atoms with E-state index in [0.717, 1.165) is 19.3 Å². The first-order valence-corrected chi connectivity index (χ1v) is 7.98. The molecule has 0 amide bonds. The fourth-order valence-corrected chi connectivity index (χ4v) is 3.88. The lowest BCUT2D eigenvalue weighted by atomic mass is 9.77. The van der Waals surface area contributed by atoms with Gasteiger partial charge in [0.1, 0.15) is 12.4 Å². The van der Waals surface area contributed by atoms with Crippen LogP contribution >= 0.6 is 0 Å². The van der Waals surface area contributed by atoms with Crippen LogP contribution in [0.1, 0.15) is 32.3 Å². The molecule has 6 nitrogen and oxygen atoms in total. The molecule has 23 heavy (non-hydrogen) atoms. The minimum Gasteiger partial charge on any atom is -0.312 e. The molecule has 1 saturated heterocycles. The number of benzene rings is 1. The topological polar surface area (TPSA) is 73.0 Å². The van der Waals surface area contributed by atoms with Crippen LogP contribution in [0.5, 0.6) is 0 Å². The molecule has 2 heterocycles. The van der Waals surface area contributed by atoms with Crippen molar-refractivity contribution >= 4 is 5.69 Å². The fraction of sp³-hybridized carbons (Fsp3) is 0.471. The van der Waals surface area contributed by atoms with Gasteiger partial charge in [0.05, 0.1) is 10.5 Å². The maximum atomic E-state index is 11.0. The molecule has 0 radical (unpaired) electrons. The van der Waals surface area contributed by atoms with Gasteiger partial charge in [-0.1, -0.05) is 30.3 Å². The summed E-state index contributed by atoms with van der Waals surface area (Å²) in [5, 5.41) is 18.9. The quantitative estimate of drug-likeness (QED) is 0.695. The Kier molecular flexibility index (Phi) is 4.17. The molecule has 1 aromatic carbocycles. The second-order valence-corrected chi connectivity index (χ2v) is 6.66. The van der Waals surface area contributed by atoms with Crippen molar-refractivity contribution in [3.05, 3.63) is 58.4 Å². The SMILES string of the molecule is CC1CC(Cc2ccccc2)(n2cc([N+](=O)[O-])cn2)CC(C)N1. The monoisotopic (exact) mass is 314 g/mol. The molecule has 2 aromatic rings. The van der Waals surface area contributed by atoms with Crippen LogP contribution in [0.3, 0.4) is 0 Å². The Morgan fingerprint density at radius 1 is 1.30 bits per heavy atom. The van der Waals surface area contributed by atoms with Gasteiger partial charge >= 0.3 is 5.69 Å². The standard InChI is InChI=1S/C17H22N4O2/c1-13-8-17(9-14(2)19-13,10-15-6-4-3-5-7-15)20-12-16(11-18-20)21(22)23/h3-7,11-14,19H,8-10H2,1-2H3. The van der Waals surface area contributed by atoms with Crippen molar-refractivity contribution in [1.29, 1.82) is 0 Å². The third kappa shape index (κ3) is 3.27. The minimum absolute atomic E-state index is 0.0521. The maximum absolute atomic E-state index is 11.0. The van der Waals surface area contributed by atoms with Crippen molar-refractivity contribution in [3.8, 4) is 0 Å². The molecule has 1 aliphatic rings. The van der Waals surface area contributed by atoms with Crippen molar-refractivity contribution in [3.63, 3.8) is 0 Å². The lowest BCUT2D eigenvalue weighted by Gasteiger charge is -2.44. The number of nitrogens with one attached hydrogen (secondary N) is 1. The van der Waals surface area contributed by atoms with E-state index in [4.69, 9.17) is 0 Å². The normalized spacial score (nSPS) is 27.7. The smallest absolute Gasteiger partial charge is 0.307 e. The van der Waals surface area contributed by atoms with Gasteiger partial charge in [0.25, 0.3) is 0 Å². The van der Waals surface area contributed by atoms with Gasteiger partial charge in [-0.2, -0.15) is 5.10 Å². The molecule has 1 aliphatic heterocycles. The number of hydrogen-bond acceptors (Lipinski definition) is 4. The molecule has 0 saturated carbocycles. The Balaban J connectivity index is 2.00. The van der Waals surface area contributed by atoms with E-state index in [1.807, 2.05) is 22.9 Å². The molecule has 2 unspecified atom stereocenters. The van der Waals surface area contributed by atoms with Gasteiger partial charge < -0.3 is 5.32 Å². The number of nitrogens with zero attached hydrogens (tertiary/aromatic N) is 3. The fourth-order valence-electron chi connectivity index (χ4n) is 3.88. The molecule has 0 aliphatic carbocycles. The average Bonchev–Trinajstić information content (AvgIpc) is 2.98. The Morgan fingerprint density at radius 2 is 1.96 bits per heavy atom. The summed E-state index contributed by atoms with van der Waals surface area (Å²) >= 11 is 0. The molecule has 1 fully saturated rings. The molecule has 122 valence electrons. The second-order valence-electron chi connectivity index (χ2n) is 6.66. The summed E-state index contributed by atoms with van der Waals surface area (Å²) in [6.45, 7) is 4.32. The highest BCUT2D eigenvalue weighted by Gasteiger charge is 2.40. The molecular formula is C17H22N4O2. The maximum Gasteiger partial charge on any atom is 0.307 e. The summed E-state index contributed by atoms with van der Waals surface area (Å²) in [4.78, 5) is 10.6. The molecule has 2 atom stereocenters. The molecule has 1 aromatic heterocycles. The van der Waals surface area contributed by atoms with E-state index in [-0.39, 0.29) is 16.1 Å². The zero-order chi connectivity index (χ0) is 16.4. The predicted octanol–water partition coefficient (Wildman–Crippen LogP) is 2.89. The van der Waals surface area contributed by atoms with Gasteiger partial charge in [0, 0.05) is 12.1 Å². The molecule has 0 bridgehead atoms. The number of nitro groups is 1. The first-order valence-electron chi connectivity index (χ1n) is 7.98. The van der Waals surface area contributed by atoms with Crippen molar-refractivity contribution in [2.24, 2.45) is 0 Å². The summed E-state index contributed by atoms with van der Waals surface area (Å²) in [5.74, 6) is 0. The first-order chi connectivity index (χ1) is 11.0. The van der Waals surface area contributed by atoms with E-state index < -0.39 is 0 Å². The van der Waals surface area contributed by atoms with Gasteiger partial charge in [-0.15, -0.1) is 0 Å². The van der Waals surface area contributed by atoms with Crippen LogP contribution in [0.4, 0.5) is 5.69 Å². The molecule has 6 heteroatoms. The van der Waals surface area contributed by atoms with Gasteiger partial charge in [-0.3, -0.25) is 14.8 Å². The minimum atomic E-state index is -0.381. The van der Waals surface area contributed by atoms with Crippen LogP contribution in [0.15, 0.2) is 42.7 Å². The highest BCUT2D eigenvalue weighted by atomic mass is 16.6. The van der Waals surface area contributed by atoms with Crippen molar-refractivity contribution < 1.29 is 4.92 Å². The highest BCUT2D eigenvalue weighted by Crippen LogP contribution is 2.36. The number of hydrogen-bond donors (Lipinski definition) is 1. The number of piperidine rings is 1. The molecule has 0 spiro atoms. The van der Waals surface area contributed by atoms with Gasteiger partial charge in [0.15, 0.2) is 0 Å². The molecule has 1 N–H and O–H groups in total.